The number of amides is 1. The Bertz CT molecular complexity index is 1180. The van der Waals surface area contributed by atoms with E-state index < -0.39 is 5.92 Å². The number of benzene rings is 1. The molecule has 4 aromatic rings. The van der Waals surface area contributed by atoms with Gasteiger partial charge in [-0.2, -0.15) is 5.10 Å². The van der Waals surface area contributed by atoms with Crippen LogP contribution >= 0.6 is 0 Å². The van der Waals surface area contributed by atoms with E-state index >= 15 is 0 Å². The highest BCUT2D eigenvalue weighted by molar-refractivity contribution is 5.90. The van der Waals surface area contributed by atoms with Gasteiger partial charge in [-0.1, -0.05) is 24.3 Å². The zero-order chi connectivity index (χ0) is 19.5. The van der Waals surface area contributed by atoms with Gasteiger partial charge >= 0.3 is 0 Å². The Balaban J connectivity index is 1.56. The molecule has 1 aromatic carbocycles. The van der Waals surface area contributed by atoms with Crippen molar-refractivity contribution in [1.29, 1.82) is 0 Å². The number of aromatic nitrogens is 5. The Kier molecular flexibility index (Phi) is 4.67. The summed E-state index contributed by atoms with van der Waals surface area (Å²) in [6.07, 6.45) is 6.82. The molecule has 3 heterocycles. The van der Waals surface area contributed by atoms with Gasteiger partial charge in [0.25, 0.3) is 5.56 Å². The highest BCUT2D eigenvalue weighted by atomic mass is 16.2. The molecule has 1 atom stereocenters. The summed E-state index contributed by atoms with van der Waals surface area (Å²) in [4.78, 5) is 33.1. The maximum atomic E-state index is 12.8. The van der Waals surface area contributed by atoms with Crippen molar-refractivity contribution < 1.29 is 4.79 Å². The Morgan fingerprint density at radius 2 is 2.00 bits per heavy atom. The van der Waals surface area contributed by atoms with Crippen molar-refractivity contribution in [2.45, 2.75) is 19.4 Å². The predicted molar refractivity (Wildman–Crippen MR) is 104 cm³/mol. The molecule has 0 fully saturated rings. The van der Waals surface area contributed by atoms with E-state index in [0.717, 1.165) is 5.56 Å². The number of fused-ring (bicyclic) bond motifs is 1. The summed E-state index contributed by atoms with van der Waals surface area (Å²) in [5, 5.41) is 10.7. The summed E-state index contributed by atoms with van der Waals surface area (Å²) in [6.45, 7) is 2.08. The largest absolute Gasteiger partial charge is 0.351 e. The summed E-state index contributed by atoms with van der Waals surface area (Å²) in [6, 6.07) is 10.9. The van der Waals surface area contributed by atoms with Crippen LogP contribution < -0.4 is 10.9 Å². The Morgan fingerprint density at radius 3 is 2.79 bits per heavy atom. The van der Waals surface area contributed by atoms with Crippen LogP contribution in [0.5, 0.6) is 0 Å². The summed E-state index contributed by atoms with van der Waals surface area (Å²) in [7, 11) is 0. The van der Waals surface area contributed by atoms with Crippen LogP contribution in [0, 0.1) is 0 Å². The van der Waals surface area contributed by atoms with Crippen molar-refractivity contribution >= 4 is 16.7 Å². The van der Waals surface area contributed by atoms with Gasteiger partial charge < -0.3 is 5.32 Å². The SMILES string of the molecule is C[C@H](C(=O)NCc1cccnc1-n1ccnc1)c1n[nH]c(=O)c2ccccc12. The van der Waals surface area contributed by atoms with E-state index in [1.54, 1.807) is 54.6 Å². The molecule has 28 heavy (non-hydrogen) atoms. The van der Waals surface area contributed by atoms with Gasteiger partial charge in [-0.15, -0.1) is 0 Å². The van der Waals surface area contributed by atoms with Gasteiger partial charge in [0.15, 0.2) is 0 Å². The fraction of sp³-hybridized carbons (Fsp3) is 0.150. The number of carbonyl (C=O) groups is 1. The molecule has 0 radical (unpaired) electrons. The number of carbonyl (C=O) groups excluding carboxylic acids is 1. The molecule has 0 aliphatic carbocycles. The molecule has 4 rings (SSSR count). The highest BCUT2D eigenvalue weighted by Gasteiger charge is 2.20. The average molecular weight is 374 g/mol. The van der Waals surface area contributed by atoms with Gasteiger partial charge in [0.1, 0.15) is 12.1 Å². The first-order chi connectivity index (χ1) is 13.6. The second kappa shape index (κ2) is 7.43. The monoisotopic (exact) mass is 374 g/mol. The zero-order valence-corrected chi connectivity index (χ0v) is 15.2. The van der Waals surface area contributed by atoms with Crippen LogP contribution in [0.4, 0.5) is 0 Å². The van der Waals surface area contributed by atoms with Crippen LogP contribution in [-0.2, 0) is 11.3 Å². The minimum atomic E-state index is -0.532. The first-order valence-electron chi connectivity index (χ1n) is 8.82. The standard InChI is InChI=1S/C20H18N6O2/c1-13(17-15-6-2-3-7-16(15)20(28)25-24-17)19(27)23-11-14-5-4-8-22-18(14)26-10-9-21-12-26/h2-10,12-13H,11H2,1H3,(H,23,27)(H,25,28)/t13-/m0/s1. The number of aromatic amines is 1. The van der Waals surface area contributed by atoms with E-state index in [1.165, 1.54) is 0 Å². The smallest absolute Gasteiger partial charge is 0.272 e. The van der Waals surface area contributed by atoms with Crippen molar-refractivity contribution in [2.75, 3.05) is 0 Å². The molecule has 0 aliphatic rings. The average Bonchev–Trinajstić information content (AvgIpc) is 3.27. The highest BCUT2D eigenvalue weighted by Crippen LogP contribution is 2.21. The Hall–Kier alpha value is -3.81. The predicted octanol–water partition coefficient (Wildman–Crippen LogP) is 1.92. The Morgan fingerprint density at radius 1 is 1.18 bits per heavy atom. The molecular weight excluding hydrogens is 356 g/mol. The molecule has 1 amide bonds. The molecule has 140 valence electrons. The maximum Gasteiger partial charge on any atom is 0.272 e. The lowest BCUT2D eigenvalue weighted by Gasteiger charge is -2.14. The minimum Gasteiger partial charge on any atom is -0.351 e. The van der Waals surface area contributed by atoms with Gasteiger partial charge in [0.05, 0.1) is 17.0 Å². The van der Waals surface area contributed by atoms with Crippen LogP contribution in [-0.4, -0.2) is 30.6 Å². The summed E-state index contributed by atoms with van der Waals surface area (Å²) in [5.74, 6) is -0.0131. The first kappa shape index (κ1) is 17.6. The van der Waals surface area contributed by atoms with Gasteiger partial charge in [-0.05, 0) is 19.1 Å². The third-order valence-corrected chi connectivity index (χ3v) is 4.60. The lowest BCUT2D eigenvalue weighted by molar-refractivity contribution is -0.122. The molecule has 8 nitrogen and oxygen atoms in total. The summed E-state index contributed by atoms with van der Waals surface area (Å²) >= 11 is 0. The number of hydrogen-bond acceptors (Lipinski definition) is 5. The quantitative estimate of drug-likeness (QED) is 0.555. The number of hydrogen-bond donors (Lipinski definition) is 2. The third kappa shape index (κ3) is 3.27. The molecule has 0 aliphatic heterocycles. The van der Waals surface area contributed by atoms with Crippen molar-refractivity contribution in [2.24, 2.45) is 0 Å². The number of nitrogens with one attached hydrogen (secondary N) is 2. The van der Waals surface area contributed by atoms with Crippen molar-refractivity contribution in [3.05, 3.63) is 82.9 Å². The number of rotatable bonds is 5. The summed E-state index contributed by atoms with van der Waals surface area (Å²) in [5.41, 5.74) is 1.13. The fourth-order valence-electron chi connectivity index (χ4n) is 3.11. The lowest BCUT2D eigenvalue weighted by atomic mass is 10.0. The van der Waals surface area contributed by atoms with E-state index in [1.807, 2.05) is 18.2 Å². The fourth-order valence-corrected chi connectivity index (χ4v) is 3.11. The zero-order valence-electron chi connectivity index (χ0n) is 15.2. The van der Waals surface area contributed by atoms with E-state index in [4.69, 9.17) is 0 Å². The normalized spacial score (nSPS) is 12.0. The molecule has 0 spiro atoms. The van der Waals surface area contributed by atoms with Gasteiger partial charge in [0, 0.05) is 36.1 Å². The molecule has 0 saturated heterocycles. The van der Waals surface area contributed by atoms with Gasteiger partial charge in [0.2, 0.25) is 5.91 Å². The molecular formula is C20H18N6O2. The second-order valence-corrected chi connectivity index (χ2v) is 6.38. The van der Waals surface area contributed by atoms with E-state index in [-0.39, 0.29) is 11.5 Å². The molecule has 3 aromatic heterocycles. The first-order valence-corrected chi connectivity index (χ1v) is 8.82. The molecule has 2 N–H and O–H groups in total. The third-order valence-electron chi connectivity index (χ3n) is 4.60. The van der Waals surface area contributed by atoms with Crippen molar-refractivity contribution in [1.82, 2.24) is 30.0 Å². The topological polar surface area (TPSA) is 106 Å². The van der Waals surface area contributed by atoms with Crippen LogP contribution in [0.2, 0.25) is 0 Å². The number of imidazole rings is 1. The second-order valence-electron chi connectivity index (χ2n) is 6.38. The maximum absolute atomic E-state index is 12.8. The number of nitrogens with zero attached hydrogens (tertiary/aromatic N) is 4. The Labute approximate surface area is 160 Å². The number of pyridine rings is 1. The van der Waals surface area contributed by atoms with Crippen LogP contribution in [0.1, 0.15) is 24.1 Å². The van der Waals surface area contributed by atoms with E-state index in [9.17, 15) is 9.59 Å². The van der Waals surface area contributed by atoms with Gasteiger partial charge in [-0.25, -0.2) is 15.1 Å². The van der Waals surface area contributed by atoms with Crippen LogP contribution in [0.15, 0.2) is 66.1 Å². The van der Waals surface area contributed by atoms with Crippen LogP contribution in [0.25, 0.3) is 16.6 Å². The van der Waals surface area contributed by atoms with Gasteiger partial charge in [-0.3, -0.25) is 14.2 Å². The minimum absolute atomic E-state index is 0.190. The van der Waals surface area contributed by atoms with E-state index in [0.29, 0.717) is 28.8 Å². The molecule has 8 heteroatoms. The molecule has 0 unspecified atom stereocenters. The summed E-state index contributed by atoms with van der Waals surface area (Å²) < 4.78 is 1.79. The van der Waals surface area contributed by atoms with Crippen LogP contribution in [0.3, 0.4) is 0 Å². The number of H-pyrrole nitrogens is 1. The molecule has 0 saturated carbocycles. The molecule has 0 bridgehead atoms. The lowest BCUT2D eigenvalue weighted by Crippen LogP contribution is -2.29. The van der Waals surface area contributed by atoms with E-state index in [2.05, 4.69) is 25.5 Å². The van der Waals surface area contributed by atoms with Crippen molar-refractivity contribution in [3.8, 4) is 5.82 Å². The van der Waals surface area contributed by atoms with Crippen molar-refractivity contribution in [3.63, 3.8) is 0 Å².